The lowest BCUT2D eigenvalue weighted by Crippen LogP contribution is -2.39. The van der Waals surface area contributed by atoms with Crippen LogP contribution in [0.3, 0.4) is 0 Å². The summed E-state index contributed by atoms with van der Waals surface area (Å²) in [6.07, 6.45) is 11.4. The quantitative estimate of drug-likeness (QED) is 0.848. The summed E-state index contributed by atoms with van der Waals surface area (Å²) in [5.41, 5.74) is 1.17. The Morgan fingerprint density at radius 3 is 3.16 bits per heavy atom. The topological polar surface area (TPSA) is 49.0 Å². The molecule has 0 spiro atoms. The number of aromatic nitrogens is 2. The van der Waals surface area contributed by atoms with Crippen LogP contribution < -0.4 is 0 Å². The van der Waals surface area contributed by atoms with Crippen LogP contribution in [0.25, 0.3) is 0 Å². The summed E-state index contributed by atoms with van der Waals surface area (Å²) in [6.45, 7) is 1.76. The van der Waals surface area contributed by atoms with Gasteiger partial charge < -0.3 is 4.90 Å². The highest BCUT2D eigenvalue weighted by atomic mass is 16.2. The molecule has 2 unspecified atom stereocenters. The van der Waals surface area contributed by atoms with Gasteiger partial charge in [-0.25, -0.2) is 0 Å². The van der Waals surface area contributed by atoms with Crippen LogP contribution in [0.5, 0.6) is 0 Å². The molecule has 0 saturated carbocycles. The van der Waals surface area contributed by atoms with Gasteiger partial charge in [0, 0.05) is 37.3 Å². The number of nitrogens with one attached hydrogen (secondary N) is 1. The Bertz CT molecular complexity index is 452. The zero-order chi connectivity index (χ0) is 13.1. The van der Waals surface area contributed by atoms with Crippen molar-refractivity contribution < 1.29 is 4.79 Å². The number of carbonyl (C=O) groups is 1. The number of amides is 1. The molecule has 4 nitrogen and oxygen atoms in total. The van der Waals surface area contributed by atoms with Crippen molar-refractivity contribution in [1.82, 2.24) is 15.1 Å². The predicted molar refractivity (Wildman–Crippen MR) is 73.6 cm³/mol. The van der Waals surface area contributed by atoms with Crippen LogP contribution in [0, 0.1) is 5.92 Å². The Hall–Kier alpha value is -1.58. The van der Waals surface area contributed by atoms with E-state index in [0.29, 0.717) is 24.2 Å². The van der Waals surface area contributed by atoms with Crippen molar-refractivity contribution in [2.75, 3.05) is 13.1 Å². The molecule has 1 fully saturated rings. The van der Waals surface area contributed by atoms with E-state index in [4.69, 9.17) is 0 Å². The number of hydrogen-bond acceptors (Lipinski definition) is 2. The van der Waals surface area contributed by atoms with Crippen molar-refractivity contribution in [3.63, 3.8) is 0 Å². The van der Waals surface area contributed by atoms with Crippen LogP contribution in [0.4, 0.5) is 0 Å². The van der Waals surface area contributed by atoms with E-state index in [1.165, 1.54) is 5.69 Å². The molecule has 19 heavy (non-hydrogen) atoms. The molecular formula is C15H21N3O. The molecule has 0 aromatic carbocycles. The molecule has 1 saturated heterocycles. The molecule has 4 heteroatoms. The number of piperidine rings is 1. The van der Waals surface area contributed by atoms with Crippen molar-refractivity contribution >= 4 is 5.91 Å². The van der Waals surface area contributed by atoms with Gasteiger partial charge in [-0.1, -0.05) is 12.2 Å². The maximum Gasteiger partial charge on any atom is 0.223 e. The second-order valence-electron chi connectivity index (χ2n) is 5.66. The molecule has 1 amide bonds. The number of nitrogens with zero attached hydrogens (tertiary/aromatic N) is 2. The van der Waals surface area contributed by atoms with E-state index in [9.17, 15) is 4.79 Å². The van der Waals surface area contributed by atoms with Crippen molar-refractivity contribution in [2.45, 2.75) is 38.0 Å². The van der Waals surface area contributed by atoms with E-state index in [1.54, 1.807) is 6.20 Å². The molecule has 2 atom stereocenters. The molecule has 1 N–H and O–H groups in total. The number of allylic oxidation sites excluding steroid dienone is 2. The highest BCUT2D eigenvalue weighted by molar-refractivity contribution is 5.77. The lowest BCUT2D eigenvalue weighted by Gasteiger charge is -2.32. The molecule has 3 rings (SSSR count). The van der Waals surface area contributed by atoms with Gasteiger partial charge in [0.15, 0.2) is 0 Å². The second-order valence-corrected chi connectivity index (χ2v) is 5.66. The average molecular weight is 259 g/mol. The minimum Gasteiger partial charge on any atom is -0.342 e. The van der Waals surface area contributed by atoms with Crippen LogP contribution in [0.1, 0.15) is 43.7 Å². The molecule has 2 aliphatic rings. The van der Waals surface area contributed by atoms with E-state index in [2.05, 4.69) is 22.3 Å². The smallest absolute Gasteiger partial charge is 0.223 e. The van der Waals surface area contributed by atoms with Gasteiger partial charge in [-0.3, -0.25) is 9.89 Å². The predicted octanol–water partition coefficient (Wildman–Crippen LogP) is 2.47. The minimum absolute atomic E-state index is 0.320. The highest BCUT2D eigenvalue weighted by Gasteiger charge is 2.26. The Morgan fingerprint density at radius 1 is 1.47 bits per heavy atom. The van der Waals surface area contributed by atoms with Crippen LogP contribution in [-0.2, 0) is 4.79 Å². The number of aromatic amines is 1. The molecule has 1 aliphatic carbocycles. The summed E-state index contributed by atoms with van der Waals surface area (Å²) in [6, 6.07) is 2.03. The third-order valence-electron chi connectivity index (χ3n) is 4.29. The summed E-state index contributed by atoms with van der Waals surface area (Å²) in [5.74, 6) is 1.22. The average Bonchev–Trinajstić information content (AvgIpc) is 3.12. The highest BCUT2D eigenvalue weighted by Crippen LogP contribution is 2.27. The molecule has 1 aliphatic heterocycles. The van der Waals surface area contributed by atoms with Gasteiger partial charge in [0.25, 0.3) is 0 Å². The molecule has 0 radical (unpaired) electrons. The Labute approximate surface area is 113 Å². The standard InChI is InChI=1S/C15H21N3O/c19-15(10-12-4-1-2-5-12)18-9-3-6-13(11-18)14-7-8-16-17-14/h1,4,7-8,12-13H,2-3,5-6,9-11H2,(H,16,17). The van der Waals surface area contributed by atoms with Crippen LogP contribution >= 0.6 is 0 Å². The summed E-state index contributed by atoms with van der Waals surface area (Å²) < 4.78 is 0. The molecule has 1 aromatic rings. The number of carbonyl (C=O) groups excluding carboxylic acids is 1. The van der Waals surface area contributed by atoms with Gasteiger partial charge >= 0.3 is 0 Å². The van der Waals surface area contributed by atoms with Crippen LogP contribution in [-0.4, -0.2) is 34.1 Å². The van der Waals surface area contributed by atoms with E-state index in [0.717, 1.165) is 38.8 Å². The van der Waals surface area contributed by atoms with Gasteiger partial charge in [-0.05, 0) is 37.7 Å². The van der Waals surface area contributed by atoms with Crippen molar-refractivity contribution in [2.24, 2.45) is 5.92 Å². The lowest BCUT2D eigenvalue weighted by molar-refractivity contribution is -0.133. The van der Waals surface area contributed by atoms with E-state index in [1.807, 2.05) is 11.0 Å². The van der Waals surface area contributed by atoms with Crippen molar-refractivity contribution in [3.8, 4) is 0 Å². The van der Waals surface area contributed by atoms with Gasteiger partial charge in [0.2, 0.25) is 5.91 Å². The fraction of sp³-hybridized carbons (Fsp3) is 0.600. The monoisotopic (exact) mass is 259 g/mol. The fourth-order valence-corrected chi connectivity index (χ4v) is 3.17. The fourth-order valence-electron chi connectivity index (χ4n) is 3.17. The molecule has 1 aromatic heterocycles. The van der Waals surface area contributed by atoms with Crippen LogP contribution in [0.15, 0.2) is 24.4 Å². The maximum absolute atomic E-state index is 12.3. The first kappa shape index (κ1) is 12.5. The number of hydrogen-bond donors (Lipinski definition) is 1. The summed E-state index contributed by atoms with van der Waals surface area (Å²) >= 11 is 0. The van der Waals surface area contributed by atoms with Crippen molar-refractivity contribution in [1.29, 1.82) is 0 Å². The maximum atomic E-state index is 12.3. The van der Waals surface area contributed by atoms with Crippen molar-refractivity contribution in [3.05, 3.63) is 30.1 Å². The third kappa shape index (κ3) is 2.88. The van der Waals surface area contributed by atoms with E-state index in [-0.39, 0.29) is 0 Å². The first-order valence-corrected chi connectivity index (χ1v) is 7.26. The number of rotatable bonds is 3. The Balaban J connectivity index is 1.58. The molecular weight excluding hydrogens is 238 g/mol. The Morgan fingerprint density at radius 2 is 2.42 bits per heavy atom. The SMILES string of the molecule is O=C(CC1C=CCC1)N1CCCC(c2ccn[nH]2)C1. The van der Waals surface area contributed by atoms with Gasteiger partial charge in [-0.15, -0.1) is 0 Å². The Kier molecular flexibility index (Phi) is 3.67. The largest absolute Gasteiger partial charge is 0.342 e. The zero-order valence-electron chi connectivity index (χ0n) is 11.2. The number of H-pyrrole nitrogens is 1. The summed E-state index contributed by atoms with van der Waals surface area (Å²) in [5, 5.41) is 7.05. The number of likely N-dealkylation sites (tertiary alicyclic amines) is 1. The van der Waals surface area contributed by atoms with Gasteiger partial charge in [0.1, 0.15) is 0 Å². The van der Waals surface area contributed by atoms with Gasteiger partial charge in [-0.2, -0.15) is 5.10 Å². The first-order chi connectivity index (χ1) is 9.33. The lowest BCUT2D eigenvalue weighted by atomic mass is 9.94. The summed E-state index contributed by atoms with van der Waals surface area (Å²) in [7, 11) is 0. The molecule has 0 bridgehead atoms. The van der Waals surface area contributed by atoms with E-state index >= 15 is 0 Å². The second kappa shape index (κ2) is 5.59. The summed E-state index contributed by atoms with van der Waals surface area (Å²) in [4.78, 5) is 14.4. The minimum atomic E-state index is 0.320. The molecule has 102 valence electrons. The van der Waals surface area contributed by atoms with Gasteiger partial charge in [0.05, 0.1) is 0 Å². The van der Waals surface area contributed by atoms with Crippen LogP contribution in [0.2, 0.25) is 0 Å². The zero-order valence-corrected chi connectivity index (χ0v) is 11.2. The first-order valence-electron chi connectivity index (χ1n) is 7.26. The molecule has 2 heterocycles. The normalized spacial score (nSPS) is 26.8. The van der Waals surface area contributed by atoms with E-state index < -0.39 is 0 Å². The third-order valence-corrected chi connectivity index (χ3v) is 4.29.